The zero-order valence-corrected chi connectivity index (χ0v) is 19.5. The molecule has 1 amide bonds. The van der Waals surface area contributed by atoms with Crippen LogP contribution in [0.15, 0.2) is 42.0 Å². The molecule has 34 heavy (non-hydrogen) atoms. The number of carbonyl (C=O) groups is 3. The van der Waals surface area contributed by atoms with Crippen LogP contribution in [0.5, 0.6) is 11.5 Å². The topological polar surface area (TPSA) is 122 Å². The number of carbonyl (C=O) groups excluding carboxylic acids is 2. The lowest BCUT2D eigenvalue weighted by molar-refractivity contribution is -0.141. The molecule has 1 aliphatic heterocycles. The number of benzene rings is 2. The number of cyclic esters (lactones) is 1. The summed E-state index contributed by atoms with van der Waals surface area (Å²) in [5, 5.41) is 22.7. The van der Waals surface area contributed by atoms with Crippen LogP contribution < -0.4 is 10.1 Å². The molecule has 0 aromatic heterocycles. The fourth-order valence-corrected chi connectivity index (χ4v) is 4.03. The van der Waals surface area contributed by atoms with Crippen molar-refractivity contribution in [1.29, 1.82) is 0 Å². The van der Waals surface area contributed by atoms with Crippen LogP contribution in [0, 0.1) is 6.92 Å². The Morgan fingerprint density at radius 2 is 1.94 bits per heavy atom. The minimum absolute atomic E-state index is 0.107. The first-order valence-electron chi connectivity index (χ1n) is 11.0. The summed E-state index contributed by atoms with van der Waals surface area (Å²) in [6.45, 7) is 3.78. The summed E-state index contributed by atoms with van der Waals surface area (Å²) >= 11 is 0. The molecule has 1 atom stereocenters. The number of phenols is 1. The molecule has 3 N–H and O–H groups in total. The SMILES string of the molecule is COc1c(C)c2c(c(O)c1C/C=C(\C)CCC(=O)N[C@@H](Cc1ccccc1)C(=O)O)C(=O)OC2. The number of aromatic hydroxyl groups is 1. The third kappa shape index (κ3) is 5.57. The number of nitrogens with one attached hydrogen (secondary N) is 1. The quantitative estimate of drug-likeness (QED) is 0.361. The van der Waals surface area contributed by atoms with Crippen LogP contribution in [-0.4, -0.2) is 41.2 Å². The second-order valence-corrected chi connectivity index (χ2v) is 8.32. The lowest BCUT2D eigenvalue weighted by Gasteiger charge is -2.16. The van der Waals surface area contributed by atoms with Crippen molar-refractivity contribution in [3.8, 4) is 11.5 Å². The summed E-state index contributed by atoms with van der Waals surface area (Å²) in [5.41, 5.74) is 3.75. The first kappa shape index (κ1) is 24.8. The number of rotatable bonds is 10. The molecule has 3 rings (SSSR count). The number of carboxylic acid groups (broad SMARTS) is 1. The molecule has 0 radical (unpaired) electrons. The lowest BCUT2D eigenvalue weighted by atomic mass is 9.94. The average molecular weight is 468 g/mol. The number of amides is 1. The number of aliphatic carboxylic acids is 1. The normalized spacial score (nSPS) is 13.7. The van der Waals surface area contributed by atoms with Gasteiger partial charge in [-0.25, -0.2) is 9.59 Å². The Bertz CT molecular complexity index is 1120. The van der Waals surface area contributed by atoms with Crippen molar-refractivity contribution < 1.29 is 34.1 Å². The predicted molar refractivity (Wildman–Crippen MR) is 125 cm³/mol. The number of esters is 1. The molecule has 8 heteroatoms. The Morgan fingerprint density at radius 3 is 2.59 bits per heavy atom. The lowest BCUT2D eigenvalue weighted by Crippen LogP contribution is -2.42. The second kappa shape index (κ2) is 10.9. The van der Waals surface area contributed by atoms with Gasteiger partial charge in [0.05, 0.1) is 7.11 Å². The van der Waals surface area contributed by atoms with Gasteiger partial charge in [-0.15, -0.1) is 0 Å². The van der Waals surface area contributed by atoms with Gasteiger partial charge in [0.25, 0.3) is 0 Å². The van der Waals surface area contributed by atoms with Gasteiger partial charge in [0.1, 0.15) is 29.7 Å². The number of allylic oxidation sites excluding steroid dienone is 2. The molecule has 0 saturated carbocycles. The van der Waals surface area contributed by atoms with Gasteiger partial charge in [-0.1, -0.05) is 42.0 Å². The molecule has 1 heterocycles. The molecule has 0 aliphatic carbocycles. The summed E-state index contributed by atoms with van der Waals surface area (Å²) in [5.74, 6) is -1.64. The van der Waals surface area contributed by atoms with Gasteiger partial charge in [0.2, 0.25) is 5.91 Å². The van der Waals surface area contributed by atoms with Crippen LogP contribution >= 0.6 is 0 Å². The second-order valence-electron chi connectivity index (χ2n) is 8.32. The highest BCUT2D eigenvalue weighted by molar-refractivity contribution is 5.98. The fourth-order valence-electron chi connectivity index (χ4n) is 4.03. The van der Waals surface area contributed by atoms with E-state index in [2.05, 4.69) is 5.32 Å². The van der Waals surface area contributed by atoms with E-state index in [0.29, 0.717) is 29.7 Å². The van der Waals surface area contributed by atoms with E-state index in [1.165, 1.54) is 7.11 Å². The van der Waals surface area contributed by atoms with Crippen molar-refractivity contribution in [3.63, 3.8) is 0 Å². The highest BCUT2D eigenvalue weighted by Gasteiger charge is 2.31. The zero-order chi connectivity index (χ0) is 24.8. The van der Waals surface area contributed by atoms with Gasteiger partial charge in [0, 0.05) is 24.0 Å². The maximum atomic E-state index is 12.4. The summed E-state index contributed by atoms with van der Waals surface area (Å²) in [6, 6.07) is 8.12. The van der Waals surface area contributed by atoms with Gasteiger partial charge in [-0.05, 0) is 37.8 Å². The van der Waals surface area contributed by atoms with Crippen molar-refractivity contribution in [2.75, 3.05) is 7.11 Å². The van der Waals surface area contributed by atoms with E-state index in [1.54, 1.807) is 0 Å². The number of fused-ring (bicyclic) bond motifs is 1. The Labute approximate surface area is 198 Å². The Hall–Kier alpha value is -3.81. The first-order valence-corrected chi connectivity index (χ1v) is 11.0. The molecule has 0 fully saturated rings. The Morgan fingerprint density at radius 1 is 1.24 bits per heavy atom. The van der Waals surface area contributed by atoms with E-state index in [4.69, 9.17) is 9.47 Å². The van der Waals surface area contributed by atoms with Crippen LogP contribution in [0.2, 0.25) is 0 Å². The summed E-state index contributed by atoms with van der Waals surface area (Å²) in [6.07, 6.45) is 2.90. The maximum Gasteiger partial charge on any atom is 0.342 e. The van der Waals surface area contributed by atoms with Crippen LogP contribution in [0.25, 0.3) is 0 Å². The van der Waals surface area contributed by atoms with Crippen molar-refractivity contribution >= 4 is 17.8 Å². The molecule has 0 spiro atoms. The van der Waals surface area contributed by atoms with E-state index in [1.807, 2.05) is 50.3 Å². The van der Waals surface area contributed by atoms with Crippen molar-refractivity contribution in [2.24, 2.45) is 0 Å². The number of ether oxygens (including phenoxy) is 2. The summed E-state index contributed by atoms with van der Waals surface area (Å²) in [7, 11) is 1.50. The highest BCUT2D eigenvalue weighted by Crippen LogP contribution is 2.42. The molecule has 180 valence electrons. The van der Waals surface area contributed by atoms with Gasteiger partial charge in [-0.2, -0.15) is 0 Å². The standard InChI is InChI=1S/C26H29NO7/c1-15(10-12-21(28)27-20(25(30)31)13-17-7-5-4-6-8-17)9-11-18-23(29)22-19(14-34-26(22)32)16(2)24(18)33-3/h4-9,20,29H,10-14H2,1-3H3,(H,27,28)(H,30,31)/b15-9+/t20-/m0/s1. The number of methoxy groups -OCH3 is 1. The number of carboxylic acids is 1. The third-order valence-corrected chi connectivity index (χ3v) is 5.96. The minimum Gasteiger partial charge on any atom is -0.507 e. The molecule has 2 aromatic carbocycles. The van der Waals surface area contributed by atoms with E-state index in [9.17, 15) is 24.6 Å². The van der Waals surface area contributed by atoms with Crippen LogP contribution in [0.3, 0.4) is 0 Å². The van der Waals surface area contributed by atoms with Crippen LogP contribution in [0.4, 0.5) is 0 Å². The van der Waals surface area contributed by atoms with Gasteiger partial charge >= 0.3 is 11.9 Å². The van der Waals surface area contributed by atoms with Crippen molar-refractivity contribution in [2.45, 2.75) is 52.2 Å². The third-order valence-electron chi connectivity index (χ3n) is 5.96. The Kier molecular flexibility index (Phi) is 7.94. The summed E-state index contributed by atoms with van der Waals surface area (Å²) < 4.78 is 10.5. The van der Waals surface area contributed by atoms with Crippen molar-refractivity contribution in [3.05, 3.63) is 69.8 Å². The van der Waals surface area contributed by atoms with Crippen LogP contribution in [-0.2, 0) is 33.8 Å². The first-order chi connectivity index (χ1) is 16.2. The maximum absolute atomic E-state index is 12.4. The smallest absolute Gasteiger partial charge is 0.342 e. The molecule has 1 aliphatic rings. The molecular formula is C26H29NO7. The molecule has 0 bridgehead atoms. The minimum atomic E-state index is -1.09. The van der Waals surface area contributed by atoms with Gasteiger partial charge in [-0.3, -0.25) is 4.79 Å². The van der Waals surface area contributed by atoms with E-state index in [-0.39, 0.29) is 36.7 Å². The summed E-state index contributed by atoms with van der Waals surface area (Å²) in [4.78, 5) is 36.0. The van der Waals surface area contributed by atoms with Crippen molar-refractivity contribution in [1.82, 2.24) is 5.32 Å². The monoisotopic (exact) mass is 467 g/mol. The van der Waals surface area contributed by atoms with E-state index in [0.717, 1.165) is 16.7 Å². The highest BCUT2D eigenvalue weighted by atomic mass is 16.5. The molecular weight excluding hydrogens is 438 g/mol. The average Bonchev–Trinajstić information content (AvgIpc) is 3.21. The fraction of sp³-hybridized carbons (Fsp3) is 0.346. The molecule has 0 saturated heterocycles. The number of hydrogen-bond acceptors (Lipinski definition) is 6. The predicted octanol–water partition coefficient (Wildman–Crippen LogP) is 3.46. The largest absolute Gasteiger partial charge is 0.507 e. The number of hydrogen-bond donors (Lipinski definition) is 3. The van der Waals surface area contributed by atoms with E-state index < -0.39 is 18.0 Å². The van der Waals surface area contributed by atoms with E-state index >= 15 is 0 Å². The molecule has 2 aromatic rings. The molecule has 0 unspecified atom stereocenters. The zero-order valence-electron chi connectivity index (χ0n) is 19.5. The Balaban J connectivity index is 1.63. The molecule has 8 nitrogen and oxygen atoms in total. The van der Waals surface area contributed by atoms with Gasteiger partial charge < -0.3 is 25.0 Å². The van der Waals surface area contributed by atoms with Crippen LogP contribution in [0.1, 0.15) is 52.4 Å². The van der Waals surface area contributed by atoms with Gasteiger partial charge in [0.15, 0.2) is 0 Å². The number of phenolic OH excluding ortho intramolecular Hbond substituents is 1.